The maximum absolute atomic E-state index is 13.5. The highest BCUT2D eigenvalue weighted by Gasteiger charge is 2.54. The molecule has 1 saturated heterocycles. The molecule has 3 aromatic rings. The fraction of sp³-hybridized carbons (Fsp3) is 0.333. The van der Waals surface area contributed by atoms with E-state index < -0.39 is 52.0 Å². The lowest BCUT2D eigenvalue weighted by molar-refractivity contribution is -0.937. The summed E-state index contributed by atoms with van der Waals surface area (Å²) >= 11 is 15.1. The van der Waals surface area contributed by atoms with Crippen LogP contribution in [0, 0.1) is 5.92 Å². The highest BCUT2D eigenvalue weighted by atomic mass is 35.5. The maximum Gasteiger partial charge on any atom is 0.352 e. The number of allylic oxidation sites excluding steroid dienone is 1. The zero-order chi connectivity index (χ0) is 39.3. The number of carbonyl (C=O) groups excluding carboxylic acids is 2. The van der Waals surface area contributed by atoms with Gasteiger partial charge in [-0.2, -0.15) is 0 Å². The second-order valence-electron chi connectivity index (χ2n) is 14.0. The predicted molar refractivity (Wildman–Crippen MR) is 204 cm³/mol. The molecule has 3 aliphatic heterocycles. The summed E-state index contributed by atoms with van der Waals surface area (Å²) in [7, 11) is 2.08. The first-order chi connectivity index (χ1) is 25.4. The molecular weight excluding hydrogens is 781 g/mol. The number of aromatic hydroxyl groups is 2. The number of carboxylic acid groups (broad SMARTS) is 2. The van der Waals surface area contributed by atoms with Gasteiger partial charge in [0.25, 0.3) is 0 Å². The molecule has 6 rings (SSSR count). The number of oxime groups is 1. The third-order valence-corrected chi connectivity index (χ3v) is 12.5. The Bertz CT molecular complexity index is 2170. The lowest BCUT2D eigenvalue weighted by Crippen LogP contribution is -2.62. The molecule has 54 heavy (non-hydrogen) atoms. The van der Waals surface area contributed by atoms with Crippen molar-refractivity contribution in [1.82, 2.24) is 9.88 Å². The first-order valence-corrected chi connectivity index (χ1v) is 19.3. The van der Waals surface area contributed by atoms with Crippen LogP contribution in [0.15, 0.2) is 52.1 Å². The van der Waals surface area contributed by atoms with Gasteiger partial charge in [-0.05, 0) is 30.5 Å². The number of quaternary nitrogens is 1. The Hall–Kier alpha value is -4.61. The van der Waals surface area contributed by atoms with E-state index >= 15 is 0 Å². The summed E-state index contributed by atoms with van der Waals surface area (Å²) in [5, 5.41) is 45.0. The van der Waals surface area contributed by atoms with Crippen LogP contribution in [0.25, 0.3) is 6.08 Å². The molecule has 6 N–H and O–H groups in total. The van der Waals surface area contributed by atoms with Gasteiger partial charge in [-0.15, -0.1) is 23.1 Å². The van der Waals surface area contributed by atoms with Crippen molar-refractivity contribution in [1.29, 1.82) is 0 Å². The number of hydrogen-bond donors (Lipinski definition) is 5. The van der Waals surface area contributed by atoms with Crippen molar-refractivity contribution in [2.24, 2.45) is 11.1 Å². The van der Waals surface area contributed by atoms with Gasteiger partial charge in [-0.25, -0.2) is 14.6 Å². The van der Waals surface area contributed by atoms with E-state index in [4.69, 9.17) is 33.8 Å². The lowest BCUT2D eigenvalue weighted by atomic mass is 9.89. The number of nitrogen functional groups attached to an aromatic ring is 1. The van der Waals surface area contributed by atoms with Gasteiger partial charge >= 0.3 is 11.9 Å². The number of thioether (sulfide) groups is 1. The summed E-state index contributed by atoms with van der Waals surface area (Å²) < 4.78 is 0.594. The second-order valence-corrected chi connectivity index (χ2v) is 16.8. The number of rotatable bonds is 12. The number of amides is 1. The summed E-state index contributed by atoms with van der Waals surface area (Å²) in [5.74, 6) is -5.17. The Morgan fingerprint density at radius 2 is 1.78 bits per heavy atom. The van der Waals surface area contributed by atoms with E-state index in [1.165, 1.54) is 35.9 Å². The number of carboxylic acids is 2. The van der Waals surface area contributed by atoms with Crippen molar-refractivity contribution >= 4 is 86.8 Å². The van der Waals surface area contributed by atoms with Crippen LogP contribution in [0.3, 0.4) is 0 Å². The van der Waals surface area contributed by atoms with E-state index in [2.05, 4.69) is 17.2 Å². The minimum absolute atomic E-state index is 0.0709. The zero-order valence-electron chi connectivity index (χ0n) is 29.2. The largest absolute Gasteiger partial charge is 0.503 e. The molecule has 0 aliphatic carbocycles. The molecule has 1 amide bonds. The number of thiazole rings is 1. The van der Waals surface area contributed by atoms with Gasteiger partial charge in [0.15, 0.2) is 28.1 Å². The molecule has 0 spiro atoms. The summed E-state index contributed by atoms with van der Waals surface area (Å²) in [4.78, 5) is 61.3. The monoisotopic (exact) mass is 816 g/mol. The minimum Gasteiger partial charge on any atom is -0.503 e. The van der Waals surface area contributed by atoms with Crippen LogP contribution in [-0.4, -0.2) is 94.5 Å². The topological polar surface area (TPSA) is 213 Å². The zero-order valence-corrected chi connectivity index (χ0v) is 32.4. The van der Waals surface area contributed by atoms with Crippen LogP contribution in [0.4, 0.5) is 5.13 Å². The Balaban J connectivity index is 1.14. The molecule has 0 radical (unpaired) electrons. The number of likely N-dealkylation sites (N-methyl/N-ethyl adjacent to an activating group) is 1. The summed E-state index contributed by atoms with van der Waals surface area (Å²) in [6, 6.07) is 7.78. The van der Waals surface area contributed by atoms with Crippen LogP contribution in [0.2, 0.25) is 10.0 Å². The third-order valence-electron chi connectivity index (χ3n) is 9.62. The number of aromatic nitrogens is 1. The Morgan fingerprint density at radius 3 is 2.39 bits per heavy atom. The smallest absolute Gasteiger partial charge is 0.352 e. The van der Waals surface area contributed by atoms with Crippen LogP contribution < -0.4 is 5.73 Å². The maximum atomic E-state index is 13.5. The van der Waals surface area contributed by atoms with Crippen molar-refractivity contribution in [2.45, 2.75) is 50.8 Å². The molecule has 4 heterocycles. The molecule has 1 unspecified atom stereocenters. The molecule has 18 heteroatoms. The van der Waals surface area contributed by atoms with E-state index in [0.717, 1.165) is 34.6 Å². The van der Waals surface area contributed by atoms with Crippen molar-refractivity contribution in [2.75, 3.05) is 25.1 Å². The average molecular weight is 818 g/mol. The van der Waals surface area contributed by atoms with Crippen LogP contribution in [0.1, 0.15) is 48.2 Å². The molecule has 0 bridgehead atoms. The normalized spacial score (nSPS) is 21.5. The number of halogens is 2. The molecule has 14 nitrogen and oxygen atoms in total. The Morgan fingerprint density at radius 1 is 1.11 bits per heavy atom. The van der Waals surface area contributed by atoms with Crippen molar-refractivity contribution in [3.05, 3.63) is 85.0 Å². The summed E-state index contributed by atoms with van der Waals surface area (Å²) in [6.07, 6.45) is 3.70. The fourth-order valence-corrected chi connectivity index (χ4v) is 9.07. The SMILES string of the molecule is CC(C)(O/N=C(\C(=O)C[C@@H]1C(=O)N2C(C(=O)O)=C(C=Cc3ccc(C[N+]4(C)CCc5c(Cl)c(O)c(O)c(Cl)c5C4)cc3)CS[C@H]12)c1csc(N)n1)C(=O)O. The first-order valence-electron chi connectivity index (χ1n) is 16.6. The lowest BCUT2D eigenvalue weighted by Gasteiger charge is -2.49. The molecule has 0 saturated carbocycles. The fourth-order valence-electron chi connectivity index (χ4n) is 6.57. The number of fused-ring (bicyclic) bond motifs is 2. The number of benzene rings is 2. The van der Waals surface area contributed by atoms with Gasteiger partial charge in [-0.3, -0.25) is 14.5 Å². The van der Waals surface area contributed by atoms with E-state index in [0.29, 0.717) is 35.1 Å². The number of hydrogen-bond acceptors (Lipinski definition) is 12. The number of anilines is 1. The Kier molecular flexibility index (Phi) is 10.8. The number of nitrogens with two attached hydrogens (primary N) is 1. The molecule has 1 fully saturated rings. The van der Waals surface area contributed by atoms with Crippen molar-refractivity contribution in [3.63, 3.8) is 0 Å². The number of phenolic OH excluding ortho intramolecular Hbond substituents is 2. The number of Topliss-reactive ketones (excluding diaryl/α,β-unsaturated/α-hetero) is 1. The van der Waals surface area contributed by atoms with E-state index in [9.17, 15) is 39.6 Å². The predicted octanol–water partition coefficient (Wildman–Crippen LogP) is 5.27. The molecule has 3 aliphatic rings. The van der Waals surface area contributed by atoms with Crippen LogP contribution in [-0.2, 0) is 43.5 Å². The number of β-lactam (4-membered cyclic amide) rings is 1. The van der Waals surface area contributed by atoms with E-state index in [-0.39, 0.29) is 44.5 Å². The molecular formula is C36H36Cl2N5O9S2+. The van der Waals surface area contributed by atoms with Gasteiger partial charge in [0.2, 0.25) is 11.5 Å². The number of nitrogens with zero attached hydrogens (tertiary/aromatic N) is 4. The number of phenols is 2. The van der Waals surface area contributed by atoms with Crippen LogP contribution in [0.5, 0.6) is 11.5 Å². The van der Waals surface area contributed by atoms with Gasteiger partial charge in [0.1, 0.15) is 24.5 Å². The Labute approximate surface area is 327 Å². The van der Waals surface area contributed by atoms with Gasteiger partial charge in [-0.1, -0.05) is 64.8 Å². The van der Waals surface area contributed by atoms with E-state index in [1.807, 2.05) is 24.3 Å². The minimum atomic E-state index is -1.76. The standard InChI is InChI=1S/C36H35Cl2N5O9S2/c1-36(2,34(50)51)52-41-27(23-16-54-35(39)40-23)24(44)12-21-31(47)42-28(33(48)49)19(15-53-32(21)42)9-8-17-4-6-18(7-5-17)13-43(3)11-10-20-22(14-43)26(38)30(46)29(45)25(20)37/h4-9,16,21,32H,10-15H2,1-3H3,(H5-,39,40,41,44,45,46,48,49,50,51)/p+1/t21-,32-,43?/m1/s1. The first kappa shape index (κ1) is 39.1. The van der Waals surface area contributed by atoms with Crippen LogP contribution >= 0.6 is 46.3 Å². The van der Waals surface area contributed by atoms with E-state index in [1.54, 1.807) is 12.2 Å². The van der Waals surface area contributed by atoms with Gasteiger partial charge in [0.05, 0.1) is 34.9 Å². The van der Waals surface area contributed by atoms with Crippen molar-refractivity contribution in [3.8, 4) is 11.5 Å². The quantitative estimate of drug-likeness (QED) is 0.0520. The molecule has 1 aromatic heterocycles. The molecule has 2 aromatic carbocycles. The number of aliphatic carboxylic acids is 2. The van der Waals surface area contributed by atoms with Crippen molar-refractivity contribution < 1.29 is 48.9 Å². The highest BCUT2D eigenvalue weighted by Crippen LogP contribution is 2.48. The number of ketones is 1. The number of carbonyl (C=O) groups is 4. The summed E-state index contributed by atoms with van der Waals surface area (Å²) in [5.41, 5.74) is 7.35. The second kappa shape index (κ2) is 14.9. The summed E-state index contributed by atoms with van der Waals surface area (Å²) in [6.45, 7) is 4.42. The third kappa shape index (κ3) is 7.53. The van der Waals surface area contributed by atoms with Gasteiger partial charge < -0.3 is 35.5 Å². The molecule has 3 atom stereocenters. The van der Waals surface area contributed by atoms with Gasteiger partial charge in [0, 0.05) is 35.1 Å². The highest BCUT2D eigenvalue weighted by molar-refractivity contribution is 8.00. The molecule has 284 valence electrons. The average Bonchev–Trinajstić information content (AvgIpc) is 3.56.